The van der Waals surface area contributed by atoms with Crippen molar-refractivity contribution < 1.29 is 14.3 Å². The van der Waals surface area contributed by atoms with Crippen LogP contribution in [0.25, 0.3) is 12.2 Å². The third-order valence-electron chi connectivity index (χ3n) is 3.41. The molecule has 0 amide bonds. The largest absolute Gasteiger partial charge is 0.478 e. The molecule has 0 spiro atoms. The van der Waals surface area contributed by atoms with Crippen molar-refractivity contribution >= 4 is 40.8 Å². The Balaban J connectivity index is 1.91. The maximum Gasteiger partial charge on any atom is 0.337 e. The standard InChI is InChI=1S/C19H14FNO2S/c20-15-4-6-16(7-5-15)21-18-11-13(3-8-17(18)19(22)23)1-2-14-9-10-24-12-14/h1-12,21H,(H,22,23)/b2-1+. The number of carboxylic acid groups (broad SMARTS) is 1. The van der Waals surface area contributed by atoms with Crippen molar-refractivity contribution in [3.63, 3.8) is 0 Å². The third kappa shape index (κ3) is 3.88. The Labute approximate surface area is 142 Å². The lowest BCUT2D eigenvalue weighted by Crippen LogP contribution is -2.03. The first kappa shape index (κ1) is 16.0. The minimum atomic E-state index is -1.02. The van der Waals surface area contributed by atoms with Crippen LogP contribution in [0.4, 0.5) is 15.8 Å². The zero-order valence-electron chi connectivity index (χ0n) is 12.6. The van der Waals surface area contributed by atoms with E-state index in [0.29, 0.717) is 11.4 Å². The van der Waals surface area contributed by atoms with Crippen molar-refractivity contribution in [2.24, 2.45) is 0 Å². The Hall–Kier alpha value is -2.92. The number of hydrogen-bond acceptors (Lipinski definition) is 3. The molecular formula is C19H14FNO2S. The molecular weight excluding hydrogens is 325 g/mol. The van der Waals surface area contributed by atoms with Crippen LogP contribution in [0.2, 0.25) is 0 Å². The summed E-state index contributed by atoms with van der Waals surface area (Å²) >= 11 is 1.62. The highest BCUT2D eigenvalue weighted by atomic mass is 32.1. The molecule has 0 saturated heterocycles. The fourth-order valence-corrected chi connectivity index (χ4v) is 2.83. The summed E-state index contributed by atoms with van der Waals surface area (Å²) in [6.45, 7) is 0. The van der Waals surface area contributed by atoms with Gasteiger partial charge in [0.2, 0.25) is 0 Å². The molecule has 1 heterocycles. The van der Waals surface area contributed by atoms with Gasteiger partial charge >= 0.3 is 5.97 Å². The predicted molar refractivity (Wildman–Crippen MR) is 96.3 cm³/mol. The number of hydrogen-bond donors (Lipinski definition) is 2. The lowest BCUT2D eigenvalue weighted by Gasteiger charge is -2.10. The Morgan fingerprint density at radius 1 is 1.04 bits per heavy atom. The molecule has 120 valence electrons. The number of rotatable bonds is 5. The van der Waals surface area contributed by atoms with E-state index >= 15 is 0 Å². The summed E-state index contributed by atoms with van der Waals surface area (Å²) in [5.74, 6) is -1.36. The summed E-state index contributed by atoms with van der Waals surface area (Å²) in [4.78, 5) is 11.4. The predicted octanol–water partition coefficient (Wildman–Crippen LogP) is 5.50. The number of carbonyl (C=O) groups is 1. The van der Waals surface area contributed by atoms with E-state index in [4.69, 9.17) is 0 Å². The molecule has 2 N–H and O–H groups in total. The van der Waals surface area contributed by atoms with Crippen LogP contribution in [0.5, 0.6) is 0 Å². The Kier molecular flexibility index (Phi) is 4.72. The fraction of sp³-hybridized carbons (Fsp3) is 0. The Morgan fingerprint density at radius 3 is 2.46 bits per heavy atom. The van der Waals surface area contributed by atoms with Gasteiger partial charge in [-0.1, -0.05) is 18.2 Å². The maximum absolute atomic E-state index is 13.0. The summed E-state index contributed by atoms with van der Waals surface area (Å²) in [5.41, 5.74) is 3.21. The molecule has 0 aliphatic rings. The van der Waals surface area contributed by atoms with Gasteiger partial charge in [-0.3, -0.25) is 0 Å². The molecule has 0 bridgehead atoms. The first-order valence-corrected chi connectivity index (χ1v) is 8.16. The summed E-state index contributed by atoms with van der Waals surface area (Å²) in [6, 6.07) is 12.8. The highest BCUT2D eigenvalue weighted by molar-refractivity contribution is 7.08. The van der Waals surface area contributed by atoms with E-state index in [1.807, 2.05) is 29.0 Å². The highest BCUT2D eigenvalue weighted by Gasteiger charge is 2.10. The van der Waals surface area contributed by atoms with E-state index < -0.39 is 5.97 Å². The van der Waals surface area contributed by atoms with Crippen LogP contribution in [0, 0.1) is 5.82 Å². The van der Waals surface area contributed by atoms with E-state index in [-0.39, 0.29) is 11.4 Å². The third-order valence-corrected chi connectivity index (χ3v) is 4.11. The van der Waals surface area contributed by atoms with Crippen molar-refractivity contribution in [3.05, 3.63) is 81.8 Å². The molecule has 3 rings (SSSR count). The molecule has 0 radical (unpaired) electrons. The van der Waals surface area contributed by atoms with E-state index in [1.54, 1.807) is 41.7 Å². The zero-order chi connectivity index (χ0) is 16.9. The van der Waals surface area contributed by atoms with E-state index in [2.05, 4.69) is 5.32 Å². The monoisotopic (exact) mass is 339 g/mol. The van der Waals surface area contributed by atoms with Gasteiger partial charge in [-0.2, -0.15) is 11.3 Å². The van der Waals surface area contributed by atoms with E-state index in [1.165, 1.54) is 12.1 Å². The van der Waals surface area contributed by atoms with Crippen molar-refractivity contribution in [1.82, 2.24) is 0 Å². The smallest absolute Gasteiger partial charge is 0.337 e. The van der Waals surface area contributed by atoms with Crippen molar-refractivity contribution in [2.75, 3.05) is 5.32 Å². The number of aromatic carboxylic acids is 1. The zero-order valence-corrected chi connectivity index (χ0v) is 13.4. The molecule has 1 aromatic heterocycles. The molecule has 3 nitrogen and oxygen atoms in total. The van der Waals surface area contributed by atoms with Crippen LogP contribution in [-0.2, 0) is 0 Å². The van der Waals surface area contributed by atoms with Gasteiger partial charge in [-0.25, -0.2) is 9.18 Å². The second-order valence-corrected chi connectivity index (χ2v) is 5.91. The molecule has 2 aromatic carbocycles. The summed E-state index contributed by atoms with van der Waals surface area (Å²) < 4.78 is 13.0. The molecule has 24 heavy (non-hydrogen) atoms. The van der Waals surface area contributed by atoms with Crippen LogP contribution in [0.1, 0.15) is 21.5 Å². The Morgan fingerprint density at radius 2 is 1.79 bits per heavy atom. The average Bonchev–Trinajstić information content (AvgIpc) is 3.08. The average molecular weight is 339 g/mol. The van der Waals surface area contributed by atoms with Crippen LogP contribution < -0.4 is 5.32 Å². The molecule has 0 saturated carbocycles. The molecule has 0 atom stereocenters. The maximum atomic E-state index is 13.0. The molecule has 3 aromatic rings. The first-order valence-electron chi connectivity index (χ1n) is 7.22. The lowest BCUT2D eigenvalue weighted by atomic mass is 10.1. The molecule has 5 heteroatoms. The van der Waals surface area contributed by atoms with Gasteiger partial charge in [0.05, 0.1) is 11.3 Å². The number of halogens is 1. The summed E-state index contributed by atoms with van der Waals surface area (Å²) in [6.07, 6.45) is 3.89. The summed E-state index contributed by atoms with van der Waals surface area (Å²) in [5, 5.41) is 16.4. The number of thiophene rings is 1. The quantitative estimate of drug-likeness (QED) is 0.645. The van der Waals surface area contributed by atoms with Crippen LogP contribution >= 0.6 is 11.3 Å². The SMILES string of the molecule is O=C(O)c1ccc(/C=C/c2ccsc2)cc1Nc1ccc(F)cc1. The van der Waals surface area contributed by atoms with Crippen molar-refractivity contribution in [2.45, 2.75) is 0 Å². The van der Waals surface area contributed by atoms with Gasteiger partial charge in [0.1, 0.15) is 5.82 Å². The second kappa shape index (κ2) is 7.10. The minimum absolute atomic E-state index is 0.159. The van der Waals surface area contributed by atoms with Crippen molar-refractivity contribution in [3.8, 4) is 0 Å². The molecule has 0 aliphatic carbocycles. The van der Waals surface area contributed by atoms with E-state index in [9.17, 15) is 14.3 Å². The Bertz CT molecular complexity index is 871. The van der Waals surface area contributed by atoms with Crippen molar-refractivity contribution in [1.29, 1.82) is 0 Å². The summed E-state index contributed by atoms with van der Waals surface area (Å²) in [7, 11) is 0. The van der Waals surface area contributed by atoms with Gasteiger partial charge in [0.15, 0.2) is 0 Å². The number of anilines is 2. The number of nitrogens with one attached hydrogen (secondary N) is 1. The minimum Gasteiger partial charge on any atom is -0.478 e. The lowest BCUT2D eigenvalue weighted by molar-refractivity contribution is 0.0698. The van der Waals surface area contributed by atoms with Gasteiger partial charge < -0.3 is 10.4 Å². The van der Waals surface area contributed by atoms with E-state index in [0.717, 1.165) is 11.1 Å². The topological polar surface area (TPSA) is 49.3 Å². The van der Waals surface area contributed by atoms with Gasteiger partial charge in [0, 0.05) is 5.69 Å². The van der Waals surface area contributed by atoms with Crippen LogP contribution in [-0.4, -0.2) is 11.1 Å². The van der Waals surface area contributed by atoms with Gasteiger partial charge in [0.25, 0.3) is 0 Å². The molecule has 0 fully saturated rings. The normalized spacial score (nSPS) is 10.9. The number of carboxylic acids is 1. The second-order valence-electron chi connectivity index (χ2n) is 5.13. The van der Waals surface area contributed by atoms with Gasteiger partial charge in [-0.15, -0.1) is 0 Å². The highest BCUT2D eigenvalue weighted by Crippen LogP contribution is 2.24. The number of benzene rings is 2. The van der Waals surface area contributed by atoms with Crippen LogP contribution in [0.15, 0.2) is 59.3 Å². The van der Waals surface area contributed by atoms with Crippen LogP contribution in [0.3, 0.4) is 0 Å². The molecule has 0 unspecified atom stereocenters. The first-order chi connectivity index (χ1) is 11.6. The fourth-order valence-electron chi connectivity index (χ4n) is 2.21. The van der Waals surface area contributed by atoms with Gasteiger partial charge in [-0.05, 0) is 64.4 Å². The molecule has 0 aliphatic heterocycles.